The molecule has 1 saturated heterocycles. The Morgan fingerprint density at radius 2 is 2.00 bits per heavy atom. The Morgan fingerprint density at radius 1 is 1.36 bits per heavy atom. The van der Waals surface area contributed by atoms with Gasteiger partial charge in [0.1, 0.15) is 15.7 Å². The number of carbonyl (C=O) groups is 1. The second kappa shape index (κ2) is 5.34. The number of primary amides is 1. The molecule has 2 aromatic rings. The molecule has 0 atom stereocenters. The summed E-state index contributed by atoms with van der Waals surface area (Å²) in [4.78, 5) is 14.4. The van der Waals surface area contributed by atoms with Crippen LogP contribution in [-0.4, -0.2) is 30.8 Å². The van der Waals surface area contributed by atoms with Crippen LogP contribution in [0.3, 0.4) is 0 Å². The number of nitrogens with one attached hydrogen (secondary N) is 1. The normalized spacial score (nSPS) is 18.6. The summed E-state index contributed by atoms with van der Waals surface area (Å²) in [5.41, 5.74) is 6.61. The number of hydrogen-bond donors (Lipinski definition) is 2. The maximum Gasteiger partial charge on any atom is 0.250 e. The van der Waals surface area contributed by atoms with E-state index in [1.54, 1.807) is 6.20 Å². The lowest BCUT2D eigenvalue weighted by atomic mass is 9.92. The Labute approximate surface area is 135 Å². The van der Waals surface area contributed by atoms with Crippen LogP contribution in [0.2, 0.25) is 0 Å². The maximum absolute atomic E-state index is 14.5. The summed E-state index contributed by atoms with van der Waals surface area (Å²) in [6.45, 7) is 0. The first kappa shape index (κ1) is 15.5. The number of aromatic amines is 1. The van der Waals surface area contributed by atoms with E-state index in [0.717, 1.165) is 0 Å². The van der Waals surface area contributed by atoms with E-state index in [1.165, 1.54) is 6.07 Å². The van der Waals surface area contributed by atoms with Crippen LogP contribution in [0.15, 0.2) is 16.7 Å². The Balaban J connectivity index is 2.14. The van der Waals surface area contributed by atoms with E-state index in [-0.39, 0.29) is 27.5 Å². The highest BCUT2D eigenvalue weighted by Crippen LogP contribution is 2.38. The summed E-state index contributed by atoms with van der Waals surface area (Å²) in [7, 11) is -2.99. The van der Waals surface area contributed by atoms with E-state index >= 15 is 0 Å². The third-order valence-electron chi connectivity index (χ3n) is 4.14. The Bertz CT molecular complexity index is 862. The van der Waals surface area contributed by atoms with Crippen molar-refractivity contribution in [3.63, 3.8) is 0 Å². The molecule has 1 aromatic carbocycles. The van der Waals surface area contributed by atoms with Gasteiger partial charge in [0.05, 0.1) is 27.1 Å². The molecule has 0 aliphatic carbocycles. The van der Waals surface area contributed by atoms with Crippen molar-refractivity contribution in [3.05, 3.63) is 33.7 Å². The minimum absolute atomic E-state index is 0.0539. The fourth-order valence-electron chi connectivity index (χ4n) is 2.99. The molecule has 1 amide bonds. The van der Waals surface area contributed by atoms with Gasteiger partial charge in [0.15, 0.2) is 0 Å². The van der Waals surface area contributed by atoms with E-state index in [0.29, 0.717) is 29.3 Å². The van der Waals surface area contributed by atoms with Gasteiger partial charge in [-0.15, -0.1) is 0 Å². The van der Waals surface area contributed by atoms with Gasteiger partial charge in [-0.1, -0.05) is 0 Å². The van der Waals surface area contributed by atoms with Crippen LogP contribution in [-0.2, 0) is 9.84 Å². The number of nitrogens with two attached hydrogens (primary N) is 1. The molecule has 5 nitrogen and oxygen atoms in total. The molecular formula is C14H14BrFN2O3S. The van der Waals surface area contributed by atoms with Crippen LogP contribution < -0.4 is 5.73 Å². The Kier molecular flexibility index (Phi) is 3.76. The van der Waals surface area contributed by atoms with Crippen molar-refractivity contribution in [1.29, 1.82) is 0 Å². The highest BCUT2D eigenvalue weighted by atomic mass is 79.9. The average Bonchev–Trinajstić information content (AvgIpc) is 2.87. The minimum Gasteiger partial charge on any atom is -0.366 e. The van der Waals surface area contributed by atoms with Crippen LogP contribution in [0.25, 0.3) is 10.9 Å². The molecule has 1 aliphatic rings. The highest BCUT2D eigenvalue weighted by Gasteiger charge is 2.28. The number of hydrogen-bond acceptors (Lipinski definition) is 3. The SMILES string of the molecule is NC(=O)c1cc(Br)c(F)c2c(C3CCS(=O)(=O)CC3)c[nH]c12. The largest absolute Gasteiger partial charge is 0.366 e. The maximum atomic E-state index is 14.5. The molecule has 0 radical (unpaired) electrons. The molecule has 2 heterocycles. The number of aromatic nitrogens is 1. The number of fused-ring (bicyclic) bond motifs is 1. The van der Waals surface area contributed by atoms with Gasteiger partial charge in [-0.2, -0.15) is 0 Å². The molecule has 0 saturated carbocycles. The van der Waals surface area contributed by atoms with Crippen molar-refractivity contribution in [2.24, 2.45) is 5.73 Å². The van der Waals surface area contributed by atoms with Crippen LogP contribution in [0.4, 0.5) is 4.39 Å². The summed E-state index contributed by atoms with van der Waals surface area (Å²) in [5, 5.41) is 0.312. The number of rotatable bonds is 2. The van der Waals surface area contributed by atoms with Crippen molar-refractivity contribution in [2.75, 3.05) is 11.5 Å². The molecule has 1 fully saturated rings. The number of sulfone groups is 1. The summed E-state index contributed by atoms with van der Waals surface area (Å²) in [6, 6.07) is 1.35. The zero-order valence-corrected chi connectivity index (χ0v) is 13.9. The standard InChI is InChI=1S/C14H14BrFN2O3S/c15-10-5-8(14(17)19)13-11(12(10)16)9(6-18-13)7-1-3-22(20,21)4-2-7/h5-7,18H,1-4H2,(H2,17,19). The zero-order chi connectivity index (χ0) is 16.1. The van der Waals surface area contributed by atoms with E-state index in [9.17, 15) is 17.6 Å². The lowest BCUT2D eigenvalue weighted by Gasteiger charge is -2.21. The summed E-state index contributed by atoms with van der Waals surface area (Å²) < 4.78 is 37.8. The number of H-pyrrole nitrogens is 1. The molecule has 1 aromatic heterocycles. The number of benzene rings is 1. The predicted octanol–water partition coefficient (Wildman–Crippen LogP) is 2.46. The van der Waals surface area contributed by atoms with Gasteiger partial charge in [-0.05, 0) is 46.3 Å². The fourth-order valence-corrected chi connectivity index (χ4v) is 4.91. The number of halogens is 2. The van der Waals surface area contributed by atoms with Gasteiger partial charge < -0.3 is 10.7 Å². The molecule has 3 N–H and O–H groups in total. The molecule has 0 bridgehead atoms. The minimum atomic E-state index is -2.99. The zero-order valence-electron chi connectivity index (χ0n) is 11.5. The third-order valence-corrected chi connectivity index (χ3v) is 6.43. The molecule has 3 rings (SSSR count). The van der Waals surface area contributed by atoms with E-state index < -0.39 is 21.6 Å². The topological polar surface area (TPSA) is 93.0 Å². The van der Waals surface area contributed by atoms with Crippen LogP contribution >= 0.6 is 15.9 Å². The molecule has 118 valence electrons. The Hall–Kier alpha value is -1.41. The summed E-state index contributed by atoms with van der Waals surface area (Å²) in [6.07, 6.45) is 2.55. The van der Waals surface area contributed by atoms with Gasteiger partial charge in [0.25, 0.3) is 5.91 Å². The number of carbonyl (C=O) groups excluding carboxylic acids is 1. The fraction of sp³-hybridized carbons (Fsp3) is 0.357. The molecule has 1 aliphatic heterocycles. The predicted molar refractivity (Wildman–Crippen MR) is 85.1 cm³/mol. The molecule has 0 unspecified atom stereocenters. The summed E-state index contributed by atoms with van der Waals surface area (Å²) >= 11 is 3.10. The van der Waals surface area contributed by atoms with Gasteiger partial charge in [-0.3, -0.25) is 4.79 Å². The first-order valence-electron chi connectivity index (χ1n) is 6.79. The second-order valence-electron chi connectivity index (χ2n) is 5.50. The van der Waals surface area contributed by atoms with Gasteiger partial charge >= 0.3 is 0 Å². The van der Waals surface area contributed by atoms with Crippen LogP contribution in [0.5, 0.6) is 0 Å². The van der Waals surface area contributed by atoms with E-state index in [4.69, 9.17) is 5.73 Å². The van der Waals surface area contributed by atoms with Crippen LogP contribution in [0, 0.1) is 5.82 Å². The van der Waals surface area contributed by atoms with Crippen molar-refractivity contribution < 1.29 is 17.6 Å². The van der Waals surface area contributed by atoms with Crippen molar-refractivity contribution in [2.45, 2.75) is 18.8 Å². The first-order chi connectivity index (χ1) is 10.3. The molecule has 8 heteroatoms. The lowest BCUT2D eigenvalue weighted by Crippen LogP contribution is -2.22. The Morgan fingerprint density at radius 3 is 2.59 bits per heavy atom. The van der Waals surface area contributed by atoms with Crippen LogP contribution in [0.1, 0.15) is 34.7 Å². The quantitative estimate of drug-likeness (QED) is 0.827. The van der Waals surface area contributed by atoms with Crippen molar-refractivity contribution in [3.8, 4) is 0 Å². The third kappa shape index (κ3) is 2.54. The van der Waals surface area contributed by atoms with E-state index in [2.05, 4.69) is 20.9 Å². The van der Waals surface area contributed by atoms with Gasteiger partial charge in [0.2, 0.25) is 0 Å². The number of amides is 1. The second-order valence-corrected chi connectivity index (χ2v) is 8.66. The monoisotopic (exact) mass is 388 g/mol. The first-order valence-corrected chi connectivity index (χ1v) is 9.41. The summed E-state index contributed by atoms with van der Waals surface area (Å²) in [5.74, 6) is -0.970. The molecule has 22 heavy (non-hydrogen) atoms. The average molecular weight is 389 g/mol. The highest BCUT2D eigenvalue weighted by molar-refractivity contribution is 9.10. The lowest BCUT2D eigenvalue weighted by molar-refractivity contribution is 0.100. The van der Waals surface area contributed by atoms with Gasteiger partial charge in [-0.25, -0.2) is 12.8 Å². The van der Waals surface area contributed by atoms with Gasteiger partial charge in [0, 0.05) is 11.6 Å². The van der Waals surface area contributed by atoms with Crippen molar-refractivity contribution >= 4 is 42.6 Å². The molecular weight excluding hydrogens is 375 g/mol. The molecule has 0 spiro atoms. The van der Waals surface area contributed by atoms with E-state index in [1.807, 2.05) is 0 Å². The van der Waals surface area contributed by atoms with Crippen molar-refractivity contribution in [1.82, 2.24) is 4.98 Å². The smallest absolute Gasteiger partial charge is 0.250 e.